The summed E-state index contributed by atoms with van der Waals surface area (Å²) in [4.78, 5) is 25.7. The van der Waals surface area contributed by atoms with Gasteiger partial charge in [-0.05, 0) is 49.9 Å². The van der Waals surface area contributed by atoms with Gasteiger partial charge in [0, 0.05) is 19.0 Å². The normalized spacial score (nSPS) is 34.0. The average Bonchev–Trinajstić information content (AvgIpc) is 2.45. The Labute approximate surface area is 127 Å². The van der Waals surface area contributed by atoms with Crippen LogP contribution in [0.4, 0.5) is 0 Å². The first-order valence-electron chi connectivity index (χ1n) is 8.40. The highest BCUT2D eigenvalue weighted by Crippen LogP contribution is 2.35. The van der Waals surface area contributed by atoms with Gasteiger partial charge in [-0.1, -0.05) is 20.8 Å². The summed E-state index contributed by atoms with van der Waals surface area (Å²) in [5.41, 5.74) is 0. The summed E-state index contributed by atoms with van der Waals surface area (Å²) in [6, 6.07) is 0. The lowest BCUT2D eigenvalue weighted by Gasteiger charge is -2.38. The van der Waals surface area contributed by atoms with Gasteiger partial charge in [-0.2, -0.15) is 0 Å². The monoisotopic (exact) mass is 295 g/mol. The van der Waals surface area contributed by atoms with Crippen LogP contribution in [0.1, 0.15) is 52.9 Å². The zero-order valence-electron chi connectivity index (χ0n) is 13.5. The van der Waals surface area contributed by atoms with Gasteiger partial charge in [0.25, 0.3) is 0 Å². The Morgan fingerprint density at radius 3 is 2.19 bits per heavy atom. The number of likely N-dealkylation sites (tertiary alicyclic amines) is 1. The van der Waals surface area contributed by atoms with Crippen LogP contribution >= 0.6 is 0 Å². The van der Waals surface area contributed by atoms with Gasteiger partial charge in [0.05, 0.1) is 5.92 Å². The molecular weight excluding hydrogens is 266 g/mol. The largest absolute Gasteiger partial charge is 0.481 e. The second-order valence-corrected chi connectivity index (χ2v) is 7.47. The fourth-order valence-corrected chi connectivity index (χ4v) is 4.00. The number of hydrogen-bond acceptors (Lipinski definition) is 2. The summed E-state index contributed by atoms with van der Waals surface area (Å²) in [5, 5.41) is 9.22. The van der Waals surface area contributed by atoms with Crippen LogP contribution in [-0.4, -0.2) is 35.0 Å². The van der Waals surface area contributed by atoms with E-state index in [0.29, 0.717) is 18.9 Å². The molecule has 2 atom stereocenters. The number of hydrogen-bond donors (Lipinski definition) is 1. The number of carbonyl (C=O) groups excluding carboxylic acids is 1. The molecule has 120 valence electrons. The Hall–Kier alpha value is -1.06. The third-order valence-corrected chi connectivity index (χ3v) is 5.38. The van der Waals surface area contributed by atoms with E-state index >= 15 is 0 Å². The second-order valence-electron chi connectivity index (χ2n) is 7.47. The fourth-order valence-electron chi connectivity index (χ4n) is 4.00. The number of carboxylic acids is 1. The minimum Gasteiger partial charge on any atom is -0.481 e. The van der Waals surface area contributed by atoms with E-state index in [1.165, 1.54) is 0 Å². The quantitative estimate of drug-likeness (QED) is 0.870. The lowest BCUT2D eigenvalue weighted by atomic mass is 9.76. The van der Waals surface area contributed by atoms with E-state index in [-0.39, 0.29) is 23.7 Å². The maximum Gasteiger partial charge on any atom is 0.308 e. The number of piperidine rings is 1. The standard InChI is InChI=1S/C17H29NO3/c1-11(2)13-4-6-14(7-5-13)16(19)18-9-12(3)8-15(10-18)17(20)21/h11-15H,4-10H2,1-3H3,(H,20,21). The molecule has 4 heteroatoms. The first kappa shape index (κ1) is 16.3. The molecule has 2 aliphatic rings. The maximum atomic E-state index is 12.7. The van der Waals surface area contributed by atoms with Gasteiger partial charge < -0.3 is 10.0 Å². The Bertz CT molecular complexity index is 385. The zero-order valence-corrected chi connectivity index (χ0v) is 13.5. The summed E-state index contributed by atoms with van der Waals surface area (Å²) in [6.07, 6.45) is 4.92. The van der Waals surface area contributed by atoms with Crippen molar-refractivity contribution >= 4 is 11.9 Å². The molecule has 1 heterocycles. The van der Waals surface area contributed by atoms with Gasteiger partial charge >= 0.3 is 5.97 Å². The van der Waals surface area contributed by atoms with E-state index in [1.807, 2.05) is 11.8 Å². The highest BCUT2D eigenvalue weighted by Gasteiger charge is 2.36. The predicted molar refractivity (Wildman–Crippen MR) is 81.8 cm³/mol. The van der Waals surface area contributed by atoms with Crippen molar-refractivity contribution in [2.75, 3.05) is 13.1 Å². The molecule has 4 nitrogen and oxygen atoms in total. The first-order valence-corrected chi connectivity index (χ1v) is 8.40. The number of carboxylic acid groups (broad SMARTS) is 1. The second kappa shape index (κ2) is 6.80. The molecule has 0 radical (unpaired) electrons. The van der Waals surface area contributed by atoms with E-state index in [9.17, 15) is 14.7 Å². The third-order valence-electron chi connectivity index (χ3n) is 5.38. The number of rotatable bonds is 3. The Balaban J connectivity index is 1.92. The highest BCUT2D eigenvalue weighted by atomic mass is 16.4. The van der Waals surface area contributed by atoms with Crippen LogP contribution in [0.5, 0.6) is 0 Å². The molecule has 1 N–H and O–H groups in total. The first-order chi connectivity index (χ1) is 9.88. The summed E-state index contributed by atoms with van der Waals surface area (Å²) in [7, 11) is 0. The molecule has 1 aliphatic carbocycles. The van der Waals surface area contributed by atoms with Crippen molar-refractivity contribution in [2.24, 2.45) is 29.6 Å². The van der Waals surface area contributed by atoms with Crippen molar-refractivity contribution in [2.45, 2.75) is 52.9 Å². The Kier molecular flexibility index (Phi) is 5.28. The molecule has 2 unspecified atom stereocenters. The van der Waals surface area contributed by atoms with Crippen molar-refractivity contribution in [3.8, 4) is 0 Å². The minimum absolute atomic E-state index is 0.125. The van der Waals surface area contributed by atoms with Gasteiger partial charge in [0.2, 0.25) is 5.91 Å². The summed E-state index contributed by atoms with van der Waals surface area (Å²) in [5.74, 6) is 0.923. The van der Waals surface area contributed by atoms with Crippen LogP contribution in [0.2, 0.25) is 0 Å². The number of carbonyl (C=O) groups is 2. The molecule has 1 saturated carbocycles. The van der Waals surface area contributed by atoms with Crippen molar-refractivity contribution in [3.05, 3.63) is 0 Å². The molecular formula is C17H29NO3. The van der Waals surface area contributed by atoms with Crippen molar-refractivity contribution in [1.29, 1.82) is 0 Å². The summed E-state index contributed by atoms with van der Waals surface area (Å²) >= 11 is 0. The summed E-state index contributed by atoms with van der Waals surface area (Å²) in [6.45, 7) is 7.70. The molecule has 21 heavy (non-hydrogen) atoms. The van der Waals surface area contributed by atoms with E-state index in [0.717, 1.165) is 38.1 Å². The smallest absolute Gasteiger partial charge is 0.308 e. The number of amides is 1. The van der Waals surface area contributed by atoms with Gasteiger partial charge in [-0.15, -0.1) is 0 Å². The van der Waals surface area contributed by atoms with Crippen LogP contribution < -0.4 is 0 Å². The Morgan fingerprint density at radius 1 is 1.05 bits per heavy atom. The molecule has 0 aromatic carbocycles. The van der Waals surface area contributed by atoms with Crippen molar-refractivity contribution < 1.29 is 14.7 Å². The average molecular weight is 295 g/mol. The molecule has 0 aromatic heterocycles. The third kappa shape index (κ3) is 3.98. The summed E-state index contributed by atoms with van der Waals surface area (Å²) < 4.78 is 0. The molecule has 0 bridgehead atoms. The Morgan fingerprint density at radius 2 is 1.67 bits per heavy atom. The van der Waals surface area contributed by atoms with Gasteiger partial charge in [-0.3, -0.25) is 9.59 Å². The molecule has 2 fully saturated rings. The van der Waals surface area contributed by atoms with Crippen molar-refractivity contribution in [3.63, 3.8) is 0 Å². The van der Waals surface area contributed by atoms with Gasteiger partial charge in [-0.25, -0.2) is 0 Å². The van der Waals surface area contributed by atoms with E-state index in [1.54, 1.807) is 0 Å². The van der Waals surface area contributed by atoms with E-state index < -0.39 is 5.97 Å². The fraction of sp³-hybridized carbons (Fsp3) is 0.882. The number of aliphatic carboxylic acids is 1. The van der Waals surface area contributed by atoms with Crippen LogP contribution in [0.3, 0.4) is 0 Å². The van der Waals surface area contributed by atoms with Gasteiger partial charge in [0.1, 0.15) is 0 Å². The molecule has 1 amide bonds. The lowest BCUT2D eigenvalue weighted by Crippen LogP contribution is -2.48. The molecule has 1 saturated heterocycles. The van der Waals surface area contributed by atoms with Gasteiger partial charge in [0.15, 0.2) is 0 Å². The van der Waals surface area contributed by atoms with Crippen molar-refractivity contribution in [1.82, 2.24) is 4.90 Å². The number of nitrogens with zero attached hydrogens (tertiary/aromatic N) is 1. The maximum absolute atomic E-state index is 12.7. The molecule has 0 aromatic rings. The zero-order chi connectivity index (χ0) is 15.6. The van der Waals surface area contributed by atoms with E-state index in [4.69, 9.17) is 0 Å². The predicted octanol–water partition coefficient (Wildman–Crippen LogP) is 3.02. The van der Waals surface area contributed by atoms with Crippen LogP contribution in [-0.2, 0) is 9.59 Å². The van der Waals surface area contributed by atoms with Crippen LogP contribution in [0.25, 0.3) is 0 Å². The molecule has 1 aliphatic heterocycles. The highest BCUT2D eigenvalue weighted by molar-refractivity contribution is 5.80. The minimum atomic E-state index is -0.761. The molecule has 0 spiro atoms. The van der Waals surface area contributed by atoms with Crippen LogP contribution in [0.15, 0.2) is 0 Å². The molecule has 2 rings (SSSR count). The SMILES string of the molecule is CC1CC(C(=O)O)CN(C(=O)C2CCC(C(C)C)CC2)C1. The van der Waals surface area contributed by atoms with Crippen LogP contribution in [0, 0.1) is 29.6 Å². The topological polar surface area (TPSA) is 57.6 Å². The van der Waals surface area contributed by atoms with E-state index in [2.05, 4.69) is 13.8 Å². The lowest BCUT2D eigenvalue weighted by molar-refractivity contribution is -0.148.